The molecule has 1 fully saturated rings. The maximum absolute atomic E-state index is 13.0. The molecule has 1 aliphatic carbocycles. The van der Waals surface area contributed by atoms with Gasteiger partial charge in [0.1, 0.15) is 0 Å². The lowest BCUT2D eigenvalue weighted by atomic mass is 9.91. The average Bonchev–Trinajstić information content (AvgIpc) is 3.41. The number of rotatable bonds is 8. The van der Waals surface area contributed by atoms with E-state index in [-0.39, 0.29) is 11.8 Å². The van der Waals surface area contributed by atoms with Gasteiger partial charge in [0.25, 0.3) is 0 Å². The third-order valence-corrected chi connectivity index (χ3v) is 5.13. The number of nitrogens with zero attached hydrogens (tertiary/aromatic N) is 2. The Labute approximate surface area is 160 Å². The smallest absolute Gasteiger partial charge is 0.232 e. The largest absolute Gasteiger partial charge is 0.323 e. The van der Waals surface area contributed by atoms with Crippen LogP contribution in [0.2, 0.25) is 0 Å². The second kappa shape index (κ2) is 8.21. The summed E-state index contributed by atoms with van der Waals surface area (Å²) in [6, 6.07) is 20.4. The Morgan fingerprint density at radius 2 is 1.78 bits per heavy atom. The lowest BCUT2D eigenvalue weighted by Gasteiger charge is -2.17. The minimum atomic E-state index is -0.182. The lowest BCUT2D eigenvalue weighted by Crippen LogP contribution is -2.21. The van der Waals surface area contributed by atoms with Gasteiger partial charge >= 0.3 is 0 Å². The molecule has 0 spiro atoms. The topological polar surface area (TPSA) is 46.9 Å². The zero-order valence-corrected chi connectivity index (χ0v) is 15.4. The van der Waals surface area contributed by atoms with Gasteiger partial charge in [0.2, 0.25) is 5.91 Å². The molecular weight excluding hydrogens is 334 g/mol. The molecule has 1 heterocycles. The molecule has 4 rings (SSSR count). The van der Waals surface area contributed by atoms with Gasteiger partial charge in [-0.05, 0) is 42.7 Å². The lowest BCUT2D eigenvalue weighted by molar-refractivity contribution is -0.117. The number of hydrogen-bond acceptors (Lipinski definition) is 2. The molecule has 1 saturated carbocycles. The molecule has 4 heteroatoms. The monoisotopic (exact) mass is 359 g/mol. The Morgan fingerprint density at radius 3 is 2.48 bits per heavy atom. The van der Waals surface area contributed by atoms with Crippen molar-refractivity contribution in [3.8, 4) is 0 Å². The number of nitrogens with one attached hydrogen (secondary N) is 1. The molecule has 0 bridgehead atoms. The van der Waals surface area contributed by atoms with E-state index < -0.39 is 0 Å². The quantitative estimate of drug-likeness (QED) is 0.636. The molecule has 0 radical (unpaired) electrons. The molecule has 4 nitrogen and oxygen atoms in total. The third kappa shape index (κ3) is 4.85. The van der Waals surface area contributed by atoms with Crippen LogP contribution in [-0.2, 0) is 17.8 Å². The van der Waals surface area contributed by atoms with E-state index in [1.54, 1.807) is 6.20 Å². The maximum atomic E-state index is 13.0. The molecule has 1 atom stereocenters. The summed E-state index contributed by atoms with van der Waals surface area (Å²) < 4.78 is 1.94. The molecule has 1 aromatic heterocycles. The van der Waals surface area contributed by atoms with Crippen LogP contribution >= 0.6 is 0 Å². The number of anilines is 1. The first kappa shape index (κ1) is 17.5. The number of aromatic nitrogens is 2. The molecule has 1 aliphatic rings. The van der Waals surface area contributed by atoms with Crippen molar-refractivity contribution in [3.05, 3.63) is 84.2 Å². The van der Waals surface area contributed by atoms with Gasteiger partial charge in [-0.15, -0.1) is 0 Å². The fraction of sp³-hybridized carbons (Fsp3) is 0.304. The third-order valence-electron chi connectivity index (χ3n) is 5.13. The highest BCUT2D eigenvalue weighted by Crippen LogP contribution is 2.30. The molecule has 0 saturated heterocycles. The van der Waals surface area contributed by atoms with Gasteiger partial charge in [0.05, 0.1) is 17.8 Å². The van der Waals surface area contributed by atoms with Gasteiger partial charge in [-0.25, -0.2) is 0 Å². The summed E-state index contributed by atoms with van der Waals surface area (Å²) in [5.74, 6) is 0.609. The highest BCUT2D eigenvalue weighted by Gasteiger charge is 2.23. The summed E-state index contributed by atoms with van der Waals surface area (Å²) in [7, 11) is 0. The molecular formula is C23H25N3O. The Morgan fingerprint density at radius 1 is 1.07 bits per heavy atom. The van der Waals surface area contributed by atoms with E-state index in [0.29, 0.717) is 0 Å². The van der Waals surface area contributed by atoms with Crippen molar-refractivity contribution in [2.75, 3.05) is 5.32 Å². The molecule has 27 heavy (non-hydrogen) atoms. The summed E-state index contributed by atoms with van der Waals surface area (Å²) in [5, 5.41) is 7.45. The van der Waals surface area contributed by atoms with Crippen LogP contribution in [0.4, 0.5) is 5.69 Å². The van der Waals surface area contributed by atoms with Crippen LogP contribution in [0.5, 0.6) is 0 Å². The van der Waals surface area contributed by atoms with Crippen LogP contribution in [0.3, 0.4) is 0 Å². The number of carbonyl (C=O) groups is 1. The highest BCUT2D eigenvalue weighted by atomic mass is 16.1. The van der Waals surface area contributed by atoms with E-state index >= 15 is 0 Å². The molecule has 3 aromatic rings. The Kier molecular flexibility index (Phi) is 5.33. The zero-order valence-electron chi connectivity index (χ0n) is 15.4. The second-order valence-corrected chi connectivity index (χ2v) is 7.37. The van der Waals surface area contributed by atoms with Crippen molar-refractivity contribution in [2.24, 2.45) is 5.92 Å². The van der Waals surface area contributed by atoms with Crippen LogP contribution in [0.25, 0.3) is 0 Å². The van der Waals surface area contributed by atoms with Gasteiger partial charge in [-0.1, -0.05) is 60.7 Å². The van der Waals surface area contributed by atoms with E-state index in [0.717, 1.165) is 36.6 Å². The van der Waals surface area contributed by atoms with Crippen LogP contribution in [-0.4, -0.2) is 15.7 Å². The number of aryl methyl sites for hydroxylation is 1. The van der Waals surface area contributed by atoms with Gasteiger partial charge in [0.15, 0.2) is 0 Å². The van der Waals surface area contributed by atoms with Gasteiger partial charge < -0.3 is 5.32 Å². The second-order valence-electron chi connectivity index (χ2n) is 7.37. The zero-order chi connectivity index (χ0) is 18.5. The van der Waals surface area contributed by atoms with Gasteiger partial charge in [0, 0.05) is 12.7 Å². The van der Waals surface area contributed by atoms with Gasteiger partial charge in [-0.3, -0.25) is 9.48 Å². The predicted molar refractivity (Wildman–Crippen MR) is 108 cm³/mol. The number of carbonyl (C=O) groups excluding carboxylic acids is 1. The van der Waals surface area contributed by atoms with Crippen molar-refractivity contribution in [1.29, 1.82) is 0 Å². The number of benzene rings is 2. The molecule has 2 aromatic carbocycles. The fourth-order valence-corrected chi connectivity index (χ4v) is 3.41. The summed E-state index contributed by atoms with van der Waals surface area (Å²) in [5.41, 5.74) is 3.08. The first-order chi connectivity index (χ1) is 13.3. The Balaban J connectivity index is 1.45. The van der Waals surface area contributed by atoms with E-state index in [2.05, 4.69) is 22.5 Å². The first-order valence-corrected chi connectivity index (χ1v) is 9.70. The van der Waals surface area contributed by atoms with Crippen LogP contribution in [0, 0.1) is 5.92 Å². The summed E-state index contributed by atoms with van der Waals surface area (Å²) in [6.45, 7) is 0.950. The van der Waals surface area contributed by atoms with E-state index in [9.17, 15) is 4.79 Å². The molecule has 1 amide bonds. The standard InChI is InChI=1S/C23H25N3O/c27-23(25-21-15-24-26(17-21)16-19-11-12-19)22(20-9-5-2-6-10-20)14-13-18-7-3-1-4-8-18/h1-10,15,17,19,22H,11-14,16H2,(H,25,27). The maximum Gasteiger partial charge on any atom is 0.232 e. The van der Waals surface area contributed by atoms with Crippen molar-refractivity contribution in [2.45, 2.75) is 38.1 Å². The normalized spacial score (nSPS) is 14.7. The molecule has 138 valence electrons. The number of amides is 1. The van der Waals surface area contributed by atoms with Gasteiger partial charge in [-0.2, -0.15) is 5.10 Å². The van der Waals surface area contributed by atoms with Crippen LogP contribution in [0.1, 0.15) is 36.3 Å². The number of hydrogen-bond donors (Lipinski definition) is 1. The van der Waals surface area contributed by atoms with Crippen LogP contribution in [0.15, 0.2) is 73.1 Å². The van der Waals surface area contributed by atoms with E-state index in [1.165, 1.54) is 18.4 Å². The van der Waals surface area contributed by atoms with Crippen LogP contribution < -0.4 is 5.32 Å². The van der Waals surface area contributed by atoms with E-state index in [4.69, 9.17) is 0 Å². The predicted octanol–water partition coefficient (Wildman–Crippen LogP) is 4.65. The van der Waals surface area contributed by atoms with Crippen molar-refractivity contribution in [1.82, 2.24) is 9.78 Å². The van der Waals surface area contributed by atoms with E-state index in [1.807, 2.05) is 59.4 Å². The van der Waals surface area contributed by atoms with Crippen molar-refractivity contribution < 1.29 is 4.79 Å². The average molecular weight is 359 g/mol. The molecule has 0 aliphatic heterocycles. The van der Waals surface area contributed by atoms with Crippen molar-refractivity contribution in [3.63, 3.8) is 0 Å². The Hall–Kier alpha value is -2.88. The first-order valence-electron chi connectivity index (χ1n) is 9.70. The summed E-state index contributed by atoms with van der Waals surface area (Å²) >= 11 is 0. The molecule has 1 unspecified atom stereocenters. The SMILES string of the molecule is O=C(Nc1cnn(CC2CC2)c1)C(CCc1ccccc1)c1ccccc1. The summed E-state index contributed by atoms with van der Waals surface area (Å²) in [6.07, 6.45) is 7.91. The molecule has 1 N–H and O–H groups in total. The van der Waals surface area contributed by atoms with Crippen molar-refractivity contribution >= 4 is 11.6 Å². The summed E-state index contributed by atoms with van der Waals surface area (Å²) in [4.78, 5) is 13.0. The highest BCUT2D eigenvalue weighted by molar-refractivity contribution is 5.95. The minimum Gasteiger partial charge on any atom is -0.323 e. The fourth-order valence-electron chi connectivity index (χ4n) is 3.41. The Bertz CT molecular complexity index is 869. The minimum absolute atomic E-state index is 0.0307.